The van der Waals surface area contributed by atoms with Crippen LogP contribution in [0.1, 0.15) is 56.8 Å². The molecule has 0 bridgehead atoms. The topological polar surface area (TPSA) is 87.7 Å². The van der Waals surface area contributed by atoms with Gasteiger partial charge in [-0.05, 0) is 58.2 Å². The van der Waals surface area contributed by atoms with E-state index in [0.29, 0.717) is 22.7 Å². The molecule has 0 spiro atoms. The van der Waals surface area contributed by atoms with Crippen LogP contribution in [0.3, 0.4) is 0 Å². The number of carbonyl (C=O) groups excluding carboxylic acids is 3. The fourth-order valence-corrected chi connectivity index (χ4v) is 4.16. The first-order valence-electron chi connectivity index (χ1n) is 11.9. The zero-order chi connectivity index (χ0) is 27.0. The normalized spacial score (nSPS) is 12.9. The van der Waals surface area contributed by atoms with E-state index >= 15 is 0 Å². The van der Waals surface area contributed by atoms with E-state index in [4.69, 9.17) is 16.3 Å². The fourth-order valence-electron chi connectivity index (χ4n) is 3.65. The number of nitrogens with zero attached hydrogens (tertiary/aromatic N) is 1. The first-order valence-corrected chi connectivity index (χ1v) is 12.9. The Labute approximate surface area is 224 Å². The number of benzene rings is 2. The van der Waals surface area contributed by atoms with Gasteiger partial charge in [0.1, 0.15) is 17.7 Å². The number of alkyl carbamates (subject to hydrolysis) is 1. The van der Waals surface area contributed by atoms with Crippen LogP contribution >= 0.6 is 24.2 Å². The number of para-hydroxylation sites is 1. The minimum absolute atomic E-state index is 0.0319. The van der Waals surface area contributed by atoms with Crippen molar-refractivity contribution >= 4 is 47.8 Å². The highest BCUT2D eigenvalue weighted by Crippen LogP contribution is 2.29. The summed E-state index contributed by atoms with van der Waals surface area (Å²) in [6, 6.07) is 10.8. The monoisotopic (exact) mass is 533 g/mol. The van der Waals surface area contributed by atoms with Gasteiger partial charge >= 0.3 is 6.09 Å². The Bertz CT molecular complexity index is 1050. The lowest BCUT2D eigenvalue weighted by Gasteiger charge is -2.34. The van der Waals surface area contributed by atoms with Crippen LogP contribution in [0.15, 0.2) is 42.5 Å². The Morgan fingerprint density at radius 3 is 2.25 bits per heavy atom. The third-order valence-electron chi connectivity index (χ3n) is 5.34. The fraction of sp³-hybridized carbons (Fsp3) is 0.444. The average molecular weight is 534 g/mol. The van der Waals surface area contributed by atoms with Gasteiger partial charge in [-0.1, -0.05) is 60.5 Å². The van der Waals surface area contributed by atoms with Crippen molar-refractivity contribution in [1.29, 1.82) is 0 Å². The van der Waals surface area contributed by atoms with Crippen molar-refractivity contribution in [2.75, 3.05) is 17.6 Å². The van der Waals surface area contributed by atoms with Gasteiger partial charge in [-0.15, -0.1) is 0 Å². The van der Waals surface area contributed by atoms with Crippen molar-refractivity contribution < 1.29 is 19.1 Å². The number of halogens is 1. The van der Waals surface area contributed by atoms with Crippen molar-refractivity contribution in [2.45, 2.75) is 65.6 Å². The molecule has 0 aliphatic carbocycles. The summed E-state index contributed by atoms with van der Waals surface area (Å²) in [6.07, 6.45) is -0.132. The van der Waals surface area contributed by atoms with E-state index in [0.717, 1.165) is 11.1 Å². The van der Waals surface area contributed by atoms with Crippen molar-refractivity contribution in [1.82, 2.24) is 10.2 Å². The smallest absolute Gasteiger partial charge is 0.408 e. The summed E-state index contributed by atoms with van der Waals surface area (Å²) < 4.78 is 5.32. The second kappa shape index (κ2) is 13.0. The highest BCUT2D eigenvalue weighted by atomic mass is 35.5. The molecule has 2 N–H and O–H groups in total. The summed E-state index contributed by atoms with van der Waals surface area (Å²) in [5, 5.41) is 5.92. The maximum absolute atomic E-state index is 13.7. The molecule has 0 aliphatic heterocycles. The van der Waals surface area contributed by atoms with Gasteiger partial charge in [-0.2, -0.15) is 12.6 Å². The molecule has 0 saturated carbocycles. The number of hydrogen-bond donors (Lipinski definition) is 3. The van der Waals surface area contributed by atoms with Crippen LogP contribution in [-0.2, 0) is 14.3 Å². The van der Waals surface area contributed by atoms with Crippen LogP contribution in [0.25, 0.3) is 0 Å². The molecule has 0 radical (unpaired) electrons. The van der Waals surface area contributed by atoms with Gasteiger partial charge in [-0.25, -0.2) is 4.79 Å². The Hall–Kier alpha value is -2.71. The number of hydrogen-bond acceptors (Lipinski definition) is 5. The lowest BCUT2D eigenvalue weighted by molar-refractivity contribution is -0.140. The zero-order valence-corrected chi connectivity index (χ0v) is 23.4. The summed E-state index contributed by atoms with van der Waals surface area (Å²) in [5.74, 6) is -0.814. The molecule has 9 heteroatoms. The van der Waals surface area contributed by atoms with Crippen LogP contribution in [-0.4, -0.2) is 46.7 Å². The van der Waals surface area contributed by atoms with E-state index in [1.54, 1.807) is 32.9 Å². The van der Waals surface area contributed by atoms with E-state index in [9.17, 15) is 14.4 Å². The molecular weight excluding hydrogens is 498 g/mol. The van der Waals surface area contributed by atoms with Crippen LogP contribution in [0.4, 0.5) is 10.5 Å². The Kier molecular flexibility index (Phi) is 10.7. The Balaban J connectivity index is 2.47. The van der Waals surface area contributed by atoms with Crippen LogP contribution < -0.4 is 10.6 Å². The first kappa shape index (κ1) is 29.5. The summed E-state index contributed by atoms with van der Waals surface area (Å²) in [4.78, 5) is 41.4. The molecule has 2 aromatic rings. The molecule has 196 valence electrons. The predicted octanol–water partition coefficient (Wildman–Crippen LogP) is 5.70. The quantitative estimate of drug-likeness (QED) is 0.361. The van der Waals surface area contributed by atoms with Gasteiger partial charge < -0.3 is 20.3 Å². The van der Waals surface area contributed by atoms with Crippen LogP contribution in [0.5, 0.6) is 0 Å². The molecule has 2 aromatic carbocycles. The molecule has 7 nitrogen and oxygen atoms in total. The molecule has 2 rings (SSSR count). The van der Waals surface area contributed by atoms with E-state index in [1.807, 2.05) is 51.1 Å². The van der Waals surface area contributed by atoms with Crippen molar-refractivity contribution in [2.24, 2.45) is 0 Å². The number of ether oxygens (including phenoxy) is 1. The van der Waals surface area contributed by atoms with Gasteiger partial charge in [0.25, 0.3) is 5.91 Å². The van der Waals surface area contributed by atoms with Gasteiger partial charge in [0.05, 0.1) is 10.7 Å². The SMILES string of the molecule is CCCN(C(=O)C(CS)NC(=O)OC(C)(C)C)C(C(=O)Nc1c(C)cccc1Cl)c1ccc(C)cc1. The zero-order valence-electron chi connectivity index (χ0n) is 21.7. The van der Waals surface area contributed by atoms with Crippen molar-refractivity contribution in [3.63, 3.8) is 0 Å². The van der Waals surface area contributed by atoms with Crippen molar-refractivity contribution in [3.8, 4) is 0 Å². The largest absolute Gasteiger partial charge is 0.444 e. The van der Waals surface area contributed by atoms with Gasteiger partial charge in [0.15, 0.2) is 0 Å². The van der Waals surface area contributed by atoms with Crippen LogP contribution in [0.2, 0.25) is 5.02 Å². The highest BCUT2D eigenvalue weighted by molar-refractivity contribution is 7.80. The Morgan fingerprint density at radius 1 is 1.08 bits per heavy atom. The standard InChI is InChI=1S/C27H36ClN3O4S/c1-7-15-31(25(33)21(16-36)29-26(34)35-27(4,5)6)23(19-13-11-17(2)12-14-19)24(32)30-22-18(3)9-8-10-20(22)28/h8-14,21,23,36H,7,15-16H2,1-6H3,(H,29,34)(H,30,32). The molecule has 0 aromatic heterocycles. The molecule has 0 aliphatic rings. The molecular formula is C27H36ClN3O4S. The minimum Gasteiger partial charge on any atom is -0.444 e. The van der Waals surface area contributed by atoms with Gasteiger partial charge in [0.2, 0.25) is 5.91 Å². The predicted molar refractivity (Wildman–Crippen MR) is 148 cm³/mol. The highest BCUT2D eigenvalue weighted by Gasteiger charge is 2.35. The van der Waals surface area contributed by atoms with E-state index in [-0.39, 0.29) is 12.3 Å². The lowest BCUT2D eigenvalue weighted by Crippen LogP contribution is -2.53. The molecule has 0 heterocycles. The van der Waals surface area contributed by atoms with E-state index in [2.05, 4.69) is 23.3 Å². The lowest BCUT2D eigenvalue weighted by atomic mass is 10.0. The Morgan fingerprint density at radius 2 is 1.72 bits per heavy atom. The third-order valence-corrected chi connectivity index (χ3v) is 6.02. The summed E-state index contributed by atoms with van der Waals surface area (Å²) in [5.41, 5.74) is 2.22. The van der Waals surface area contributed by atoms with E-state index in [1.165, 1.54) is 4.90 Å². The number of rotatable bonds is 9. The minimum atomic E-state index is -0.988. The van der Waals surface area contributed by atoms with E-state index < -0.39 is 35.6 Å². The third kappa shape index (κ3) is 8.17. The van der Waals surface area contributed by atoms with Gasteiger partial charge in [0, 0.05) is 12.3 Å². The summed E-state index contributed by atoms with van der Waals surface area (Å²) in [6.45, 7) is 11.2. The molecule has 2 atom stereocenters. The summed E-state index contributed by atoms with van der Waals surface area (Å²) >= 11 is 10.7. The number of carbonyl (C=O) groups is 3. The second-order valence-electron chi connectivity index (χ2n) is 9.65. The molecule has 2 unspecified atom stereocenters. The molecule has 0 saturated heterocycles. The first-order chi connectivity index (χ1) is 16.9. The average Bonchev–Trinajstić information content (AvgIpc) is 2.79. The van der Waals surface area contributed by atoms with Crippen LogP contribution in [0, 0.1) is 13.8 Å². The maximum Gasteiger partial charge on any atom is 0.408 e. The second-order valence-corrected chi connectivity index (χ2v) is 10.4. The molecule has 3 amide bonds. The van der Waals surface area contributed by atoms with Gasteiger partial charge in [-0.3, -0.25) is 9.59 Å². The number of amides is 3. The molecule has 36 heavy (non-hydrogen) atoms. The maximum atomic E-state index is 13.7. The number of aryl methyl sites for hydroxylation is 2. The number of thiol groups is 1. The van der Waals surface area contributed by atoms with Crippen molar-refractivity contribution in [3.05, 3.63) is 64.2 Å². The summed E-state index contributed by atoms with van der Waals surface area (Å²) in [7, 11) is 0. The number of anilines is 1. The number of nitrogens with one attached hydrogen (secondary N) is 2. The molecule has 0 fully saturated rings.